The van der Waals surface area contributed by atoms with Gasteiger partial charge in [0.2, 0.25) is 5.90 Å². The molecule has 2 aromatic carbocycles. The highest BCUT2D eigenvalue weighted by atomic mass is 16.5. The molecule has 0 unspecified atom stereocenters. The molecule has 6 heteroatoms. The summed E-state index contributed by atoms with van der Waals surface area (Å²) < 4.78 is 11.6. The largest absolute Gasteiger partial charge is 0.494 e. The highest BCUT2D eigenvalue weighted by Gasteiger charge is 2.51. The van der Waals surface area contributed by atoms with Crippen molar-refractivity contribution >= 4 is 11.8 Å². The lowest BCUT2D eigenvalue weighted by Crippen LogP contribution is -2.50. The first kappa shape index (κ1) is 18.5. The number of fused-ring (bicyclic) bond motifs is 1. The molecule has 0 saturated heterocycles. The Hall–Kier alpha value is -2.86. The average molecular weight is 380 g/mol. The van der Waals surface area contributed by atoms with Gasteiger partial charge in [-0.1, -0.05) is 24.3 Å². The third-order valence-electron chi connectivity index (χ3n) is 5.35. The summed E-state index contributed by atoms with van der Waals surface area (Å²) in [6.07, 6.45) is 0.741. The standard InChI is InChI=1S/C22H24N2O4/c1-15-22(13-17-5-2-3-6-18(17)14-23-21(22)26)24-20(28-15)16-7-9-19(10-8-16)27-12-4-11-25/h2-3,5-10,15,25H,4,11-14H2,1H3,(H,23,26)/t15-,22-/m1/s1. The van der Waals surface area contributed by atoms with E-state index in [2.05, 4.69) is 11.4 Å². The third-order valence-corrected chi connectivity index (χ3v) is 5.35. The Morgan fingerprint density at radius 2 is 1.96 bits per heavy atom. The molecule has 0 aromatic heterocycles. The number of carbonyl (C=O) groups is 1. The van der Waals surface area contributed by atoms with Crippen LogP contribution >= 0.6 is 0 Å². The lowest BCUT2D eigenvalue weighted by Gasteiger charge is -2.26. The van der Waals surface area contributed by atoms with Crippen LogP contribution in [0, 0.1) is 0 Å². The van der Waals surface area contributed by atoms with Crippen molar-refractivity contribution in [3.63, 3.8) is 0 Å². The van der Waals surface area contributed by atoms with E-state index in [0.717, 1.165) is 22.4 Å². The maximum atomic E-state index is 13.0. The van der Waals surface area contributed by atoms with Crippen LogP contribution in [0.25, 0.3) is 0 Å². The Morgan fingerprint density at radius 1 is 1.21 bits per heavy atom. The van der Waals surface area contributed by atoms with Crippen LogP contribution in [0.15, 0.2) is 53.5 Å². The van der Waals surface area contributed by atoms with Gasteiger partial charge in [0.15, 0.2) is 5.54 Å². The van der Waals surface area contributed by atoms with Gasteiger partial charge in [0.1, 0.15) is 11.9 Å². The SMILES string of the molecule is C[C@H]1OC(c2ccc(OCCCO)cc2)=N[C@]12Cc1ccccc1CNC2=O. The summed E-state index contributed by atoms with van der Waals surface area (Å²) in [4.78, 5) is 17.7. The van der Waals surface area contributed by atoms with Gasteiger partial charge in [-0.2, -0.15) is 0 Å². The van der Waals surface area contributed by atoms with Gasteiger partial charge in [0, 0.05) is 31.6 Å². The molecular formula is C22H24N2O4. The Kier molecular flexibility index (Phi) is 5.05. The van der Waals surface area contributed by atoms with Gasteiger partial charge in [0.05, 0.1) is 6.61 Å². The van der Waals surface area contributed by atoms with E-state index in [9.17, 15) is 4.79 Å². The first-order valence-corrected chi connectivity index (χ1v) is 9.58. The molecule has 0 bridgehead atoms. The zero-order valence-corrected chi connectivity index (χ0v) is 15.9. The molecule has 146 valence electrons. The maximum Gasteiger partial charge on any atom is 0.252 e. The van der Waals surface area contributed by atoms with Crippen LogP contribution in [0.4, 0.5) is 0 Å². The number of hydrogen-bond acceptors (Lipinski definition) is 5. The Labute approximate surface area is 164 Å². The van der Waals surface area contributed by atoms with Crippen molar-refractivity contribution < 1.29 is 19.4 Å². The molecule has 0 saturated carbocycles. The second kappa shape index (κ2) is 7.64. The van der Waals surface area contributed by atoms with Gasteiger partial charge in [-0.15, -0.1) is 0 Å². The summed E-state index contributed by atoms with van der Waals surface area (Å²) in [6.45, 7) is 2.98. The first-order chi connectivity index (χ1) is 13.6. The van der Waals surface area contributed by atoms with Crippen molar-refractivity contribution in [3.8, 4) is 5.75 Å². The number of aliphatic imine (C=N–C) groups is 1. The van der Waals surface area contributed by atoms with Crippen molar-refractivity contribution in [1.29, 1.82) is 0 Å². The maximum absolute atomic E-state index is 13.0. The minimum atomic E-state index is -0.960. The summed E-state index contributed by atoms with van der Waals surface area (Å²) >= 11 is 0. The summed E-state index contributed by atoms with van der Waals surface area (Å²) in [6, 6.07) is 15.5. The van der Waals surface area contributed by atoms with Gasteiger partial charge < -0.3 is 19.9 Å². The third kappa shape index (κ3) is 3.36. The second-order valence-corrected chi connectivity index (χ2v) is 7.18. The lowest BCUT2D eigenvalue weighted by atomic mass is 9.86. The quantitative estimate of drug-likeness (QED) is 0.780. The van der Waals surface area contributed by atoms with E-state index in [-0.39, 0.29) is 18.6 Å². The van der Waals surface area contributed by atoms with Crippen molar-refractivity contribution in [2.45, 2.75) is 38.0 Å². The normalized spacial score (nSPS) is 23.4. The fraction of sp³-hybridized carbons (Fsp3) is 0.364. The Balaban J connectivity index is 1.60. The van der Waals surface area contributed by atoms with Gasteiger partial charge in [0.25, 0.3) is 5.91 Å². The van der Waals surface area contributed by atoms with Crippen molar-refractivity contribution in [3.05, 3.63) is 65.2 Å². The topological polar surface area (TPSA) is 80.2 Å². The molecular weight excluding hydrogens is 356 g/mol. The predicted octanol–water partition coefficient (Wildman–Crippen LogP) is 2.22. The zero-order chi connectivity index (χ0) is 19.6. The monoisotopic (exact) mass is 380 g/mol. The molecule has 2 heterocycles. The van der Waals surface area contributed by atoms with E-state index < -0.39 is 5.54 Å². The predicted molar refractivity (Wildman–Crippen MR) is 105 cm³/mol. The van der Waals surface area contributed by atoms with Crippen LogP contribution in [0.1, 0.15) is 30.0 Å². The molecule has 0 aliphatic carbocycles. The van der Waals surface area contributed by atoms with E-state index in [0.29, 0.717) is 31.9 Å². The number of ether oxygens (including phenoxy) is 2. The van der Waals surface area contributed by atoms with E-state index in [1.165, 1.54) is 0 Å². The van der Waals surface area contributed by atoms with E-state index >= 15 is 0 Å². The molecule has 1 spiro atoms. The highest BCUT2D eigenvalue weighted by molar-refractivity contribution is 6.01. The molecule has 0 fully saturated rings. The minimum absolute atomic E-state index is 0.102. The van der Waals surface area contributed by atoms with E-state index in [1.54, 1.807) is 0 Å². The Bertz CT molecular complexity index is 894. The number of nitrogens with one attached hydrogen (secondary N) is 1. The van der Waals surface area contributed by atoms with E-state index in [1.807, 2.05) is 49.4 Å². The molecule has 1 amide bonds. The first-order valence-electron chi connectivity index (χ1n) is 9.58. The zero-order valence-electron chi connectivity index (χ0n) is 15.9. The fourth-order valence-electron chi connectivity index (χ4n) is 3.66. The number of hydrogen-bond donors (Lipinski definition) is 2. The molecule has 2 aliphatic heterocycles. The smallest absolute Gasteiger partial charge is 0.252 e. The fourth-order valence-corrected chi connectivity index (χ4v) is 3.66. The molecule has 4 rings (SSSR count). The second-order valence-electron chi connectivity index (χ2n) is 7.18. The summed E-state index contributed by atoms with van der Waals surface area (Å²) in [5.74, 6) is 1.10. The van der Waals surface area contributed by atoms with Crippen LogP contribution in [0.3, 0.4) is 0 Å². The van der Waals surface area contributed by atoms with Crippen LogP contribution in [-0.2, 0) is 22.5 Å². The van der Waals surface area contributed by atoms with Crippen molar-refractivity contribution in [1.82, 2.24) is 5.32 Å². The number of rotatable bonds is 5. The summed E-state index contributed by atoms with van der Waals surface area (Å²) in [7, 11) is 0. The summed E-state index contributed by atoms with van der Waals surface area (Å²) in [5, 5.41) is 11.8. The van der Waals surface area contributed by atoms with Crippen molar-refractivity contribution in [2.75, 3.05) is 13.2 Å². The van der Waals surface area contributed by atoms with Crippen molar-refractivity contribution in [2.24, 2.45) is 4.99 Å². The number of nitrogens with zero attached hydrogens (tertiary/aromatic N) is 1. The van der Waals surface area contributed by atoms with Gasteiger partial charge in [-0.05, 0) is 42.3 Å². The van der Waals surface area contributed by atoms with Crippen LogP contribution in [0.5, 0.6) is 5.75 Å². The van der Waals surface area contributed by atoms with Gasteiger partial charge in [-0.3, -0.25) is 4.79 Å². The van der Waals surface area contributed by atoms with Crippen LogP contribution in [-0.4, -0.2) is 41.8 Å². The number of amides is 1. The lowest BCUT2D eigenvalue weighted by molar-refractivity contribution is -0.128. The summed E-state index contributed by atoms with van der Waals surface area (Å²) in [5.41, 5.74) is 2.09. The van der Waals surface area contributed by atoms with Gasteiger partial charge in [-0.25, -0.2) is 4.99 Å². The van der Waals surface area contributed by atoms with Gasteiger partial charge >= 0.3 is 0 Å². The Morgan fingerprint density at radius 3 is 2.71 bits per heavy atom. The van der Waals surface area contributed by atoms with E-state index in [4.69, 9.17) is 19.6 Å². The molecule has 2 aliphatic rings. The minimum Gasteiger partial charge on any atom is -0.494 e. The average Bonchev–Trinajstić information content (AvgIpc) is 2.97. The molecule has 0 radical (unpaired) electrons. The molecule has 28 heavy (non-hydrogen) atoms. The molecule has 2 N–H and O–H groups in total. The van der Waals surface area contributed by atoms with Crippen LogP contribution in [0.2, 0.25) is 0 Å². The number of benzene rings is 2. The molecule has 6 nitrogen and oxygen atoms in total. The molecule has 2 aromatic rings. The number of carbonyl (C=O) groups excluding carboxylic acids is 1. The number of aliphatic hydroxyl groups is 1. The van der Waals surface area contributed by atoms with Crippen LogP contribution < -0.4 is 10.1 Å². The highest BCUT2D eigenvalue weighted by Crippen LogP contribution is 2.35. The number of aliphatic hydroxyl groups excluding tert-OH is 1. The molecule has 2 atom stereocenters.